The summed E-state index contributed by atoms with van der Waals surface area (Å²) in [6, 6.07) is 0.542. The van der Waals surface area contributed by atoms with Crippen molar-refractivity contribution in [2.45, 2.75) is 64.5 Å². The number of piperidine rings is 1. The van der Waals surface area contributed by atoms with Gasteiger partial charge in [-0.2, -0.15) is 0 Å². The second kappa shape index (κ2) is 5.85. The molecule has 0 aromatic heterocycles. The maximum absolute atomic E-state index is 12.0. The van der Waals surface area contributed by atoms with Crippen LogP contribution in [-0.4, -0.2) is 24.5 Å². The summed E-state index contributed by atoms with van der Waals surface area (Å²) < 4.78 is 0. The lowest BCUT2D eigenvalue weighted by Crippen LogP contribution is -2.50. The third-order valence-corrected chi connectivity index (χ3v) is 4.51. The minimum absolute atomic E-state index is 0.0514. The van der Waals surface area contributed by atoms with Crippen LogP contribution in [0.2, 0.25) is 0 Å². The molecule has 0 aromatic rings. The van der Waals surface area contributed by atoms with Gasteiger partial charge in [-0.3, -0.25) is 4.79 Å². The molecule has 2 fully saturated rings. The van der Waals surface area contributed by atoms with Gasteiger partial charge in [-0.25, -0.2) is 0 Å². The van der Waals surface area contributed by atoms with Crippen molar-refractivity contribution in [1.82, 2.24) is 10.6 Å². The number of nitrogens with one attached hydrogen (secondary N) is 2. The first-order valence-electron chi connectivity index (χ1n) is 7.20. The van der Waals surface area contributed by atoms with Gasteiger partial charge in [0.15, 0.2) is 0 Å². The molecule has 4 atom stereocenters. The Morgan fingerprint density at radius 2 is 1.94 bits per heavy atom. The molecule has 0 bridgehead atoms. The van der Waals surface area contributed by atoms with Crippen LogP contribution in [0.25, 0.3) is 0 Å². The van der Waals surface area contributed by atoms with E-state index in [0.29, 0.717) is 12.0 Å². The first-order valence-corrected chi connectivity index (χ1v) is 7.20. The molecule has 98 valence electrons. The highest BCUT2D eigenvalue weighted by Gasteiger charge is 2.27. The summed E-state index contributed by atoms with van der Waals surface area (Å²) in [5.74, 6) is 1.71. The van der Waals surface area contributed by atoms with Gasteiger partial charge in [0.05, 0.1) is 6.04 Å². The van der Waals surface area contributed by atoms with Crippen LogP contribution < -0.4 is 10.6 Å². The van der Waals surface area contributed by atoms with Crippen molar-refractivity contribution >= 4 is 5.91 Å². The van der Waals surface area contributed by atoms with E-state index in [-0.39, 0.29) is 11.9 Å². The molecule has 1 aliphatic carbocycles. The average Bonchev–Trinajstić information content (AvgIpc) is 2.72. The zero-order valence-corrected chi connectivity index (χ0v) is 11.2. The summed E-state index contributed by atoms with van der Waals surface area (Å²) in [6.45, 7) is 5.36. The van der Waals surface area contributed by atoms with E-state index < -0.39 is 0 Å². The Morgan fingerprint density at radius 3 is 2.59 bits per heavy atom. The number of hydrogen-bond acceptors (Lipinski definition) is 2. The van der Waals surface area contributed by atoms with E-state index in [1.54, 1.807) is 0 Å². The predicted octanol–water partition coefficient (Wildman–Crippen LogP) is 2.07. The lowest BCUT2D eigenvalue weighted by Gasteiger charge is -2.28. The fourth-order valence-electron chi connectivity index (χ4n) is 3.23. The molecule has 0 aromatic carbocycles. The van der Waals surface area contributed by atoms with Crippen LogP contribution >= 0.6 is 0 Å². The van der Waals surface area contributed by atoms with Crippen LogP contribution in [-0.2, 0) is 4.79 Å². The van der Waals surface area contributed by atoms with Crippen LogP contribution in [0.4, 0.5) is 0 Å². The predicted molar refractivity (Wildman–Crippen MR) is 69.8 cm³/mol. The number of carbonyl (C=O) groups excluding carboxylic acids is 1. The lowest BCUT2D eigenvalue weighted by atomic mass is 9.97. The van der Waals surface area contributed by atoms with Gasteiger partial charge in [0.2, 0.25) is 5.91 Å². The van der Waals surface area contributed by atoms with E-state index in [9.17, 15) is 4.79 Å². The van der Waals surface area contributed by atoms with Gasteiger partial charge in [-0.15, -0.1) is 0 Å². The molecule has 0 radical (unpaired) electrons. The van der Waals surface area contributed by atoms with Crippen LogP contribution in [0.5, 0.6) is 0 Å². The smallest absolute Gasteiger partial charge is 0.237 e. The zero-order valence-electron chi connectivity index (χ0n) is 11.2. The van der Waals surface area contributed by atoms with Crippen LogP contribution in [0.15, 0.2) is 0 Å². The molecule has 0 spiro atoms. The molecule has 3 heteroatoms. The van der Waals surface area contributed by atoms with Crippen molar-refractivity contribution in [2.24, 2.45) is 11.8 Å². The monoisotopic (exact) mass is 238 g/mol. The Balaban J connectivity index is 1.73. The summed E-state index contributed by atoms with van der Waals surface area (Å²) in [7, 11) is 0. The molecule has 2 rings (SSSR count). The zero-order chi connectivity index (χ0) is 12.3. The average molecular weight is 238 g/mol. The van der Waals surface area contributed by atoms with Gasteiger partial charge in [-0.05, 0) is 44.4 Å². The van der Waals surface area contributed by atoms with Crippen LogP contribution in [0, 0.1) is 11.8 Å². The minimum Gasteiger partial charge on any atom is -0.354 e. The lowest BCUT2D eigenvalue weighted by molar-refractivity contribution is -0.124. The SMILES string of the molecule is CC1CCCC(C(=O)NCC2CCCC2C)N1. The van der Waals surface area contributed by atoms with E-state index in [1.165, 1.54) is 32.1 Å². The van der Waals surface area contributed by atoms with E-state index in [4.69, 9.17) is 0 Å². The standard InChI is InChI=1S/C14H26N2O/c1-10-5-3-7-12(10)9-15-14(17)13-8-4-6-11(2)16-13/h10-13,16H,3-9H2,1-2H3,(H,15,17). The minimum atomic E-state index is 0.0514. The molecule has 1 amide bonds. The second-order valence-corrected chi connectivity index (χ2v) is 5.96. The van der Waals surface area contributed by atoms with Crippen molar-refractivity contribution in [2.75, 3.05) is 6.54 Å². The summed E-state index contributed by atoms with van der Waals surface area (Å²) >= 11 is 0. The molecule has 4 unspecified atom stereocenters. The van der Waals surface area contributed by atoms with Crippen LogP contribution in [0.3, 0.4) is 0 Å². The Bertz CT molecular complexity index is 267. The van der Waals surface area contributed by atoms with Gasteiger partial charge in [0.25, 0.3) is 0 Å². The van der Waals surface area contributed by atoms with Gasteiger partial charge in [-0.1, -0.05) is 19.8 Å². The van der Waals surface area contributed by atoms with Crippen molar-refractivity contribution in [3.63, 3.8) is 0 Å². The maximum atomic E-state index is 12.0. The molecule has 2 aliphatic rings. The van der Waals surface area contributed by atoms with Gasteiger partial charge >= 0.3 is 0 Å². The Labute approximate surface area is 105 Å². The molecule has 1 saturated heterocycles. The number of amides is 1. The highest BCUT2D eigenvalue weighted by molar-refractivity contribution is 5.81. The van der Waals surface area contributed by atoms with Crippen molar-refractivity contribution < 1.29 is 4.79 Å². The summed E-state index contributed by atoms with van der Waals surface area (Å²) in [6.07, 6.45) is 7.32. The van der Waals surface area contributed by atoms with E-state index in [0.717, 1.165) is 18.9 Å². The molecule has 17 heavy (non-hydrogen) atoms. The highest BCUT2D eigenvalue weighted by atomic mass is 16.2. The maximum Gasteiger partial charge on any atom is 0.237 e. The fourth-order valence-corrected chi connectivity index (χ4v) is 3.23. The summed E-state index contributed by atoms with van der Waals surface area (Å²) in [4.78, 5) is 12.0. The summed E-state index contributed by atoms with van der Waals surface area (Å²) in [5, 5.41) is 6.53. The topological polar surface area (TPSA) is 41.1 Å². The number of carbonyl (C=O) groups is 1. The third kappa shape index (κ3) is 3.44. The molecule has 1 aliphatic heterocycles. The number of hydrogen-bond donors (Lipinski definition) is 2. The first kappa shape index (κ1) is 12.9. The molecule has 3 nitrogen and oxygen atoms in total. The van der Waals surface area contributed by atoms with Gasteiger partial charge in [0, 0.05) is 12.6 Å². The molecule has 1 heterocycles. The molecular weight excluding hydrogens is 212 g/mol. The quantitative estimate of drug-likeness (QED) is 0.790. The first-order chi connectivity index (χ1) is 8.16. The Kier molecular flexibility index (Phi) is 4.43. The normalized spacial score (nSPS) is 38.0. The Hall–Kier alpha value is -0.570. The number of rotatable bonds is 3. The fraction of sp³-hybridized carbons (Fsp3) is 0.929. The van der Waals surface area contributed by atoms with Crippen molar-refractivity contribution in [1.29, 1.82) is 0 Å². The van der Waals surface area contributed by atoms with E-state index in [1.807, 2.05) is 0 Å². The van der Waals surface area contributed by atoms with Crippen molar-refractivity contribution in [3.05, 3.63) is 0 Å². The van der Waals surface area contributed by atoms with Crippen LogP contribution in [0.1, 0.15) is 52.4 Å². The molecule has 1 saturated carbocycles. The molecule has 2 N–H and O–H groups in total. The van der Waals surface area contributed by atoms with E-state index >= 15 is 0 Å². The largest absolute Gasteiger partial charge is 0.354 e. The van der Waals surface area contributed by atoms with Gasteiger partial charge < -0.3 is 10.6 Å². The van der Waals surface area contributed by atoms with Gasteiger partial charge in [0.1, 0.15) is 0 Å². The molecular formula is C14H26N2O. The second-order valence-electron chi connectivity index (χ2n) is 5.96. The Morgan fingerprint density at radius 1 is 1.18 bits per heavy atom. The third-order valence-electron chi connectivity index (χ3n) is 4.51. The van der Waals surface area contributed by atoms with Crippen molar-refractivity contribution in [3.8, 4) is 0 Å². The highest BCUT2D eigenvalue weighted by Crippen LogP contribution is 2.30. The van der Waals surface area contributed by atoms with E-state index in [2.05, 4.69) is 24.5 Å². The summed E-state index contributed by atoms with van der Waals surface area (Å²) in [5.41, 5.74) is 0.